The molecular formula is C27H55O. The molecule has 0 fully saturated rings. The molecule has 0 saturated heterocycles. The Morgan fingerprint density at radius 2 is 0.857 bits per heavy atom. The van der Waals surface area contributed by atoms with Crippen molar-refractivity contribution in [3.05, 3.63) is 0 Å². The van der Waals surface area contributed by atoms with Crippen molar-refractivity contribution in [1.82, 2.24) is 0 Å². The van der Waals surface area contributed by atoms with Gasteiger partial charge in [-0.15, -0.1) is 0 Å². The maximum absolute atomic E-state index is 13.3. The summed E-state index contributed by atoms with van der Waals surface area (Å²) in [7, 11) is 0. The molecule has 1 nitrogen and oxygen atoms in total. The molecule has 0 aliphatic heterocycles. The van der Waals surface area contributed by atoms with Crippen molar-refractivity contribution in [3.8, 4) is 0 Å². The molecule has 0 rings (SSSR count). The quantitative estimate of drug-likeness (QED) is 0.162. The van der Waals surface area contributed by atoms with Crippen LogP contribution in [0.2, 0.25) is 0 Å². The lowest BCUT2D eigenvalue weighted by atomic mass is 9.70. The Balaban J connectivity index is 4.47. The Morgan fingerprint density at radius 1 is 0.500 bits per heavy atom. The molecule has 0 aromatic carbocycles. The molecule has 0 aliphatic rings. The van der Waals surface area contributed by atoms with Gasteiger partial charge in [0.05, 0.1) is 6.10 Å². The van der Waals surface area contributed by atoms with E-state index in [0.29, 0.717) is 0 Å². The Labute approximate surface area is 179 Å². The third kappa shape index (κ3) is 14.0. The minimum Gasteiger partial charge on any atom is -0.233 e. The Morgan fingerprint density at radius 3 is 1.25 bits per heavy atom. The first-order valence-electron chi connectivity index (χ1n) is 13.3. The summed E-state index contributed by atoms with van der Waals surface area (Å²) in [4.78, 5) is 0. The van der Waals surface area contributed by atoms with Crippen molar-refractivity contribution >= 4 is 0 Å². The topological polar surface area (TPSA) is 19.9 Å². The molecule has 1 radical (unpaired) electrons. The van der Waals surface area contributed by atoms with E-state index in [1.165, 1.54) is 116 Å². The average Bonchev–Trinajstić information content (AvgIpc) is 2.71. The summed E-state index contributed by atoms with van der Waals surface area (Å²) in [6, 6.07) is 0. The van der Waals surface area contributed by atoms with Crippen molar-refractivity contribution in [1.29, 1.82) is 0 Å². The Kier molecular flexibility index (Phi) is 20.2. The molecule has 0 bridgehead atoms. The molecule has 0 amide bonds. The van der Waals surface area contributed by atoms with Crippen LogP contribution in [0.5, 0.6) is 0 Å². The monoisotopic (exact) mass is 395 g/mol. The molecule has 0 aromatic rings. The van der Waals surface area contributed by atoms with E-state index in [2.05, 4.69) is 27.7 Å². The minimum absolute atomic E-state index is 0.0836. The van der Waals surface area contributed by atoms with E-state index in [1.807, 2.05) is 0 Å². The SMILES string of the molecule is CCCCCCCCC(CC)(CCCCCCCC)C([O])CCCCCCC. The lowest BCUT2D eigenvalue weighted by molar-refractivity contribution is -0.0508. The highest BCUT2D eigenvalue weighted by atomic mass is 16.3. The molecule has 169 valence electrons. The van der Waals surface area contributed by atoms with Gasteiger partial charge in [-0.05, 0) is 31.1 Å². The molecule has 1 heteroatoms. The van der Waals surface area contributed by atoms with Crippen molar-refractivity contribution in [2.24, 2.45) is 5.41 Å². The van der Waals surface area contributed by atoms with E-state index in [1.54, 1.807) is 0 Å². The largest absolute Gasteiger partial charge is 0.233 e. The van der Waals surface area contributed by atoms with Gasteiger partial charge in [0.25, 0.3) is 0 Å². The van der Waals surface area contributed by atoms with Crippen molar-refractivity contribution in [3.63, 3.8) is 0 Å². The Bertz CT molecular complexity index is 283. The van der Waals surface area contributed by atoms with E-state index in [0.717, 1.165) is 19.3 Å². The van der Waals surface area contributed by atoms with Gasteiger partial charge in [0, 0.05) is 0 Å². The van der Waals surface area contributed by atoms with Crippen molar-refractivity contribution in [2.75, 3.05) is 0 Å². The molecule has 1 atom stereocenters. The van der Waals surface area contributed by atoms with Crippen molar-refractivity contribution < 1.29 is 5.11 Å². The van der Waals surface area contributed by atoms with Crippen LogP contribution in [0.15, 0.2) is 0 Å². The first kappa shape index (κ1) is 28.0. The standard InChI is InChI=1S/C27H55O/c1-5-9-12-15-18-21-24-27(8-4,25-22-19-16-13-10-6-2)26(28)23-20-17-14-11-7-3/h26H,5-25H2,1-4H3. The van der Waals surface area contributed by atoms with Gasteiger partial charge < -0.3 is 0 Å². The van der Waals surface area contributed by atoms with Crippen LogP contribution in [0.25, 0.3) is 0 Å². The third-order valence-electron chi connectivity index (χ3n) is 7.01. The summed E-state index contributed by atoms with van der Waals surface area (Å²) in [6.45, 7) is 9.13. The second-order valence-electron chi connectivity index (χ2n) is 9.44. The zero-order chi connectivity index (χ0) is 20.9. The van der Waals surface area contributed by atoms with Crippen LogP contribution in [0.1, 0.15) is 163 Å². The zero-order valence-corrected chi connectivity index (χ0v) is 20.3. The molecule has 0 aromatic heterocycles. The summed E-state index contributed by atoms with van der Waals surface area (Å²) < 4.78 is 0. The fraction of sp³-hybridized carbons (Fsp3) is 1.00. The van der Waals surface area contributed by atoms with Crippen LogP contribution in [-0.2, 0) is 5.11 Å². The highest BCUT2D eigenvalue weighted by molar-refractivity contribution is 4.85. The zero-order valence-electron chi connectivity index (χ0n) is 20.3. The fourth-order valence-electron chi connectivity index (χ4n) is 4.78. The highest BCUT2D eigenvalue weighted by Gasteiger charge is 2.35. The number of hydrogen-bond acceptors (Lipinski definition) is 0. The lowest BCUT2D eigenvalue weighted by Gasteiger charge is -2.37. The second kappa shape index (κ2) is 20.2. The number of hydrogen-bond donors (Lipinski definition) is 0. The van der Waals surface area contributed by atoms with E-state index in [9.17, 15) is 5.11 Å². The van der Waals surface area contributed by atoms with Gasteiger partial charge in [0.1, 0.15) is 0 Å². The maximum atomic E-state index is 13.3. The molecular weight excluding hydrogens is 340 g/mol. The van der Waals surface area contributed by atoms with Crippen LogP contribution in [-0.4, -0.2) is 6.10 Å². The van der Waals surface area contributed by atoms with Gasteiger partial charge in [0.15, 0.2) is 0 Å². The molecule has 0 aliphatic carbocycles. The van der Waals surface area contributed by atoms with Crippen LogP contribution in [0.4, 0.5) is 0 Å². The van der Waals surface area contributed by atoms with Crippen molar-refractivity contribution in [2.45, 2.75) is 169 Å². The maximum Gasteiger partial charge on any atom is 0.0985 e. The van der Waals surface area contributed by atoms with Gasteiger partial charge in [-0.1, -0.05) is 137 Å². The predicted octanol–water partition coefficient (Wildman–Crippen LogP) is 10.0. The lowest BCUT2D eigenvalue weighted by Crippen LogP contribution is -2.34. The summed E-state index contributed by atoms with van der Waals surface area (Å²) in [6.07, 6.45) is 26.5. The summed E-state index contributed by atoms with van der Waals surface area (Å²) >= 11 is 0. The second-order valence-corrected chi connectivity index (χ2v) is 9.44. The Hall–Kier alpha value is -0.0400. The summed E-state index contributed by atoms with van der Waals surface area (Å²) in [5.41, 5.74) is 0.0836. The van der Waals surface area contributed by atoms with Gasteiger partial charge in [-0.3, -0.25) is 0 Å². The van der Waals surface area contributed by atoms with Crippen LogP contribution >= 0.6 is 0 Å². The molecule has 1 unspecified atom stereocenters. The molecule has 0 spiro atoms. The summed E-state index contributed by atoms with van der Waals surface area (Å²) in [5, 5.41) is 13.3. The smallest absolute Gasteiger partial charge is 0.0985 e. The first-order chi connectivity index (χ1) is 13.7. The van der Waals surface area contributed by atoms with E-state index in [-0.39, 0.29) is 11.5 Å². The third-order valence-corrected chi connectivity index (χ3v) is 7.01. The normalized spacial score (nSPS) is 13.2. The molecule has 0 saturated carbocycles. The van der Waals surface area contributed by atoms with Crippen LogP contribution < -0.4 is 0 Å². The van der Waals surface area contributed by atoms with E-state index < -0.39 is 0 Å². The predicted molar refractivity (Wildman–Crippen MR) is 127 cm³/mol. The molecule has 0 N–H and O–H groups in total. The highest BCUT2D eigenvalue weighted by Crippen LogP contribution is 2.41. The molecule has 0 heterocycles. The molecule has 28 heavy (non-hydrogen) atoms. The van der Waals surface area contributed by atoms with Gasteiger partial charge in [-0.25, -0.2) is 5.11 Å². The number of unbranched alkanes of at least 4 members (excludes halogenated alkanes) is 14. The van der Waals surface area contributed by atoms with Gasteiger partial charge in [0.2, 0.25) is 0 Å². The van der Waals surface area contributed by atoms with Crippen LogP contribution in [0, 0.1) is 5.41 Å². The first-order valence-corrected chi connectivity index (χ1v) is 13.3. The summed E-state index contributed by atoms with van der Waals surface area (Å²) in [5.74, 6) is 0. The average molecular weight is 396 g/mol. The van der Waals surface area contributed by atoms with E-state index >= 15 is 0 Å². The van der Waals surface area contributed by atoms with Gasteiger partial charge in [-0.2, -0.15) is 0 Å². The minimum atomic E-state index is -0.328. The van der Waals surface area contributed by atoms with Gasteiger partial charge >= 0.3 is 0 Å². The number of rotatable bonds is 22. The van der Waals surface area contributed by atoms with E-state index in [4.69, 9.17) is 0 Å². The van der Waals surface area contributed by atoms with Crippen LogP contribution in [0.3, 0.4) is 0 Å². The fourth-order valence-corrected chi connectivity index (χ4v) is 4.78.